The van der Waals surface area contributed by atoms with Crippen LogP contribution in [0.15, 0.2) is 182 Å². The predicted molar refractivity (Wildman–Crippen MR) is 201 cm³/mol. The fourth-order valence-corrected chi connectivity index (χ4v) is 8.26. The molecule has 0 N–H and O–H groups in total. The summed E-state index contributed by atoms with van der Waals surface area (Å²) in [4.78, 5) is 16.1. The number of benzene rings is 7. The summed E-state index contributed by atoms with van der Waals surface area (Å²) in [5.41, 5.74) is 13.5. The smallest absolute Gasteiger partial charge is 0.163 e. The van der Waals surface area contributed by atoms with Gasteiger partial charge in [-0.15, -0.1) is 0 Å². The van der Waals surface area contributed by atoms with Crippen molar-refractivity contribution >= 4 is 0 Å². The molecule has 1 aromatic heterocycles. The van der Waals surface area contributed by atoms with Gasteiger partial charge in [0.15, 0.2) is 17.5 Å². The van der Waals surface area contributed by atoms with Gasteiger partial charge >= 0.3 is 0 Å². The monoisotopic (exact) mass is 637 g/mol. The molecule has 0 amide bonds. The number of aromatic nitrogens is 3. The summed E-state index contributed by atoms with van der Waals surface area (Å²) < 4.78 is 0. The van der Waals surface area contributed by atoms with Crippen molar-refractivity contribution < 1.29 is 0 Å². The number of hydrogen-bond acceptors (Lipinski definition) is 3. The molecule has 0 unspecified atom stereocenters. The van der Waals surface area contributed by atoms with Crippen LogP contribution in [0.1, 0.15) is 45.1 Å². The van der Waals surface area contributed by atoms with Crippen molar-refractivity contribution in [1.29, 1.82) is 0 Å². The molecule has 7 aromatic carbocycles. The van der Waals surface area contributed by atoms with Gasteiger partial charge in [0.1, 0.15) is 5.41 Å². The van der Waals surface area contributed by atoms with Crippen LogP contribution in [0.25, 0.3) is 45.0 Å². The molecule has 0 atom stereocenters. The van der Waals surface area contributed by atoms with E-state index in [1.165, 1.54) is 44.5 Å². The summed E-state index contributed by atoms with van der Waals surface area (Å²) in [6.07, 6.45) is 0. The van der Waals surface area contributed by atoms with Crippen LogP contribution in [0.2, 0.25) is 0 Å². The minimum atomic E-state index is -0.709. The average molecular weight is 638 g/mol. The molecule has 3 nitrogen and oxygen atoms in total. The zero-order chi connectivity index (χ0) is 33.1. The highest BCUT2D eigenvalue weighted by Crippen LogP contribution is 2.61. The van der Waals surface area contributed by atoms with Gasteiger partial charge in [0.25, 0.3) is 0 Å². The van der Waals surface area contributed by atoms with E-state index in [1.807, 2.05) is 12.1 Å². The molecule has 3 heteroatoms. The SMILES string of the molecule is c1ccc(-c2ccc(-c3nc(-c4ccc(-c5ccccc5)cc4)nc(C45c6ccccc6C(c6ccccc64)c4ccccc45)n3)cc2)cc1. The highest BCUT2D eigenvalue weighted by molar-refractivity contribution is 5.76. The van der Waals surface area contributed by atoms with Crippen molar-refractivity contribution in [3.05, 3.63) is 221 Å². The van der Waals surface area contributed by atoms with Crippen molar-refractivity contribution in [2.45, 2.75) is 11.3 Å². The summed E-state index contributed by atoms with van der Waals surface area (Å²) in [5.74, 6) is 2.22. The number of hydrogen-bond donors (Lipinski definition) is 0. The van der Waals surface area contributed by atoms with Crippen LogP contribution in [0, 0.1) is 0 Å². The highest BCUT2D eigenvalue weighted by atomic mass is 15.0. The van der Waals surface area contributed by atoms with Gasteiger partial charge in [-0.25, -0.2) is 15.0 Å². The molecular weight excluding hydrogens is 607 g/mol. The first-order valence-corrected chi connectivity index (χ1v) is 17.2. The van der Waals surface area contributed by atoms with Crippen molar-refractivity contribution in [1.82, 2.24) is 15.0 Å². The Morgan fingerprint density at radius 1 is 0.300 bits per heavy atom. The average Bonchev–Trinajstić information content (AvgIpc) is 3.21. The Bertz CT molecular complexity index is 2300. The number of rotatable bonds is 5. The van der Waals surface area contributed by atoms with E-state index in [-0.39, 0.29) is 5.92 Å². The molecule has 0 fully saturated rings. The molecule has 50 heavy (non-hydrogen) atoms. The van der Waals surface area contributed by atoms with Gasteiger partial charge in [0, 0.05) is 17.0 Å². The van der Waals surface area contributed by atoms with Crippen LogP contribution >= 0.6 is 0 Å². The van der Waals surface area contributed by atoms with Gasteiger partial charge in [-0.1, -0.05) is 182 Å². The van der Waals surface area contributed by atoms with Gasteiger partial charge in [-0.3, -0.25) is 0 Å². The molecule has 0 saturated carbocycles. The van der Waals surface area contributed by atoms with Crippen LogP contribution in [-0.2, 0) is 5.41 Å². The molecule has 11 rings (SSSR count). The maximum Gasteiger partial charge on any atom is 0.163 e. The quantitative estimate of drug-likeness (QED) is 0.188. The first-order valence-electron chi connectivity index (χ1n) is 17.2. The normalized spacial score (nSPS) is 16.7. The molecule has 234 valence electrons. The Morgan fingerprint density at radius 2 is 0.620 bits per heavy atom. The molecule has 3 aliphatic rings. The summed E-state index contributed by atoms with van der Waals surface area (Å²) in [5, 5.41) is 0. The Kier molecular flexibility index (Phi) is 6.47. The Labute approximate surface area is 291 Å². The predicted octanol–water partition coefficient (Wildman–Crippen LogP) is 10.7. The van der Waals surface area contributed by atoms with Crippen LogP contribution in [0.3, 0.4) is 0 Å². The minimum absolute atomic E-state index is 0.164. The van der Waals surface area contributed by atoms with E-state index in [0.717, 1.165) is 28.1 Å². The summed E-state index contributed by atoms with van der Waals surface area (Å²) >= 11 is 0. The van der Waals surface area contributed by atoms with E-state index >= 15 is 0 Å². The van der Waals surface area contributed by atoms with E-state index in [2.05, 4.69) is 170 Å². The second kappa shape index (κ2) is 11.3. The standard InChI is InChI=1S/C47H31N3/c1-3-13-31(14-4-1)33-23-27-35(28-24-33)44-48-45(36-29-25-34(26-30-36)32-15-5-2-6-16-32)50-46(49-44)47-40-20-10-7-17-37(40)43(38-18-8-11-21-41(38)47)39-19-9-12-22-42(39)47/h1-30,43H. The first-order chi connectivity index (χ1) is 24.8. The second-order valence-corrected chi connectivity index (χ2v) is 13.1. The molecule has 2 bridgehead atoms. The van der Waals surface area contributed by atoms with E-state index in [0.29, 0.717) is 11.6 Å². The first kappa shape index (κ1) is 28.6. The topological polar surface area (TPSA) is 38.7 Å². The van der Waals surface area contributed by atoms with Gasteiger partial charge in [0.2, 0.25) is 0 Å². The summed E-state index contributed by atoms with van der Waals surface area (Å²) in [6.45, 7) is 0. The van der Waals surface area contributed by atoms with E-state index in [4.69, 9.17) is 15.0 Å². The highest BCUT2D eigenvalue weighted by Gasteiger charge is 2.54. The molecule has 3 aliphatic carbocycles. The van der Waals surface area contributed by atoms with Crippen molar-refractivity contribution in [3.8, 4) is 45.0 Å². The van der Waals surface area contributed by atoms with Crippen molar-refractivity contribution in [2.75, 3.05) is 0 Å². The molecule has 0 aliphatic heterocycles. The van der Waals surface area contributed by atoms with Crippen LogP contribution in [0.4, 0.5) is 0 Å². The lowest BCUT2D eigenvalue weighted by atomic mass is 9.52. The molecule has 0 radical (unpaired) electrons. The Hall–Kier alpha value is -6.45. The van der Waals surface area contributed by atoms with Crippen LogP contribution < -0.4 is 0 Å². The second-order valence-electron chi connectivity index (χ2n) is 13.1. The van der Waals surface area contributed by atoms with Gasteiger partial charge in [-0.2, -0.15) is 0 Å². The zero-order valence-corrected chi connectivity index (χ0v) is 27.2. The maximum atomic E-state index is 5.46. The maximum absolute atomic E-state index is 5.46. The Morgan fingerprint density at radius 3 is 1.02 bits per heavy atom. The molecule has 1 heterocycles. The van der Waals surface area contributed by atoms with E-state index < -0.39 is 5.41 Å². The zero-order valence-electron chi connectivity index (χ0n) is 27.2. The van der Waals surface area contributed by atoms with Crippen molar-refractivity contribution in [2.24, 2.45) is 0 Å². The molecular formula is C47H31N3. The number of nitrogens with zero attached hydrogens (tertiary/aromatic N) is 3. The van der Waals surface area contributed by atoms with Gasteiger partial charge in [0.05, 0.1) is 0 Å². The molecule has 0 saturated heterocycles. The van der Waals surface area contributed by atoms with Gasteiger partial charge < -0.3 is 0 Å². The minimum Gasteiger partial charge on any atom is -0.211 e. The third-order valence-corrected chi connectivity index (χ3v) is 10.5. The van der Waals surface area contributed by atoms with Gasteiger partial charge in [-0.05, 0) is 55.6 Å². The van der Waals surface area contributed by atoms with Crippen LogP contribution in [-0.4, -0.2) is 15.0 Å². The van der Waals surface area contributed by atoms with Crippen LogP contribution in [0.5, 0.6) is 0 Å². The lowest BCUT2D eigenvalue weighted by Gasteiger charge is -2.49. The molecule has 8 aromatic rings. The summed E-state index contributed by atoms with van der Waals surface area (Å²) in [6, 6.07) is 64.7. The lowest BCUT2D eigenvalue weighted by Crippen LogP contribution is -2.44. The fourth-order valence-electron chi connectivity index (χ4n) is 8.26. The fraction of sp³-hybridized carbons (Fsp3) is 0.0426. The van der Waals surface area contributed by atoms with E-state index in [1.54, 1.807) is 0 Å². The van der Waals surface area contributed by atoms with Crippen molar-refractivity contribution in [3.63, 3.8) is 0 Å². The molecule has 0 spiro atoms. The largest absolute Gasteiger partial charge is 0.211 e. The Balaban J connectivity index is 1.23. The third-order valence-electron chi connectivity index (χ3n) is 10.5. The summed E-state index contributed by atoms with van der Waals surface area (Å²) in [7, 11) is 0. The van der Waals surface area contributed by atoms with E-state index in [9.17, 15) is 0 Å². The third kappa shape index (κ3) is 4.27. The lowest BCUT2D eigenvalue weighted by molar-refractivity contribution is 0.591.